The molecule has 1 aliphatic heterocycles. The van der Waals surface area contributed by atoms with Crippen LogP contribution >= 0.6 is 0 Å². The summed E-state index contributed by atoms with van der Waals surface area (Å²) in [6.45, 7) is 3.64. The molecular weight excluding hydrogens is 355 g/mol. The Morgan fingerprint density at radius 3 is 2.33 bits per heavy atom. The molecule has 2 aromatic rings. The summed E-state index contributed by atoms with van der Waals surface area (Å²) in [6.07, 6.45) is 0.00291. The molecule has 0 aliphatic carbocycles. The second-order valence-electron chi connectivity index (χ2n) is 7.20. The smallest absolute Gasteiger partial charge is 0.220 e. The van der Waals surface area contributed by atoms with E-state index in [1.54, 1.807) is 19.1 Å². The average Bonchev–Trinajstić information content (AvgIpc) is 2.61. The van der Waals surface area contributed by atoms with E-state index < -0.39 is 29.4 Å². The first kappa shape index (κ1) is 19.4. The van der Waals surface area contributed by atoms with E-state index in [4.69, 9.17) is 4.74 Å². The average molecular weight is 377 g/mol. The van der Waals surface area contributed by atoms with Crippen LogP contribution in [0, 0.1) is 17.5 Å². The van der Waals surface area contributed by atoms with Crippen LogP contribution in [0.4, 0.5) is 13.2 Å². The van der Waals surface area contributed by atoms with E-state index in [0.717, 1.165) is 11.6 Å². The fourth-order valence-corrected chi connectivity index (χ4v) is 3.54. The highest BCUT2D eigenvalue weighted by Crippen LogP contribution is 2.44. The van der Waals surface area contributed by atoms with Crippen molar-refractivity contribution in [3.05, 3.63) is 71.0 Å². The molecule has 0 saturated carbocycles. The molecule has 1 saturated heterocycles. The summed E-state index contributed by atoms with van der Waals surface area (Å²) in [5.74, 6) is -1.83. The summed E-state index contributed by atoms with van der Waals surface area (Å²) in [4.78, 5) is 12.0. The van der Waals surface area contributed by atoms with E-state index in [9.17, 15) is 18.0 Å². The van der Waals surface area contributed by atoms with Crippen molar-refractivity contribution in [3.8, 4) is 0 Å². The van der Waals surface area contributed by atoms with Crippen molar-refractivity contribution in [1.29, 1.82) is 0 Å². The third kappa shape index (κ3) is 4.50. The Labute approximate surface area is 156 Å². The Hall–Kier alpha value is -2.34. The highest BCUT2D eigenvalue weighted by atomic mass is 19.1. The van der Waals surface area contributed by atoms with Crippen LogP contribution in [0.1, 0.15) is 56.4 Å². The summed E-state index contributed by atoms with van der Waals surface area (Å²) in [6, 6.07) is 9.28. The maximum absolute atomic E-state index is 14.3. The topological polar surface area (TPSA) is 38.3 Å². The fourth-order valence-electron chi connectivity index (χ4n) is 3.54. The molecule has 1 heterocycles. The molecule has 1 N–H and O–H groups in total. The van der Waals surface area contributed by atoms with E-state index in [1.165, 1.54) is 24.3 Å². The lowest BCUT2D eigenvalue weighted by Gasteiger charge is -2.43. The van der Waals surface area contributed by atoms with Crippen LogP contribution in [-0.4, -0.2) is 11.4 Å². The monoisotopic (exact) mass is 377 g/mol. The molecular formula is C21H22F3NO2. The molecule has 0 radical (unpaired) electrons. The predicted molar refractivity (Wildman–Crippen MR) is 95.4 cm³/mol. The number of carbonyl (C=O) groups is 1. The third-order valence-electron chi connectivity index (χ3n) is 4.91. The van der Waals surface area contributed by atoms with Gasteiger partial charge in [0.2, 0.25) is 5.91 Å². The number of hydrogen-bond donors (Lipinski definition) is 1. The van der Waals surface area contributed by atoms with Gasteiger partial charge in [-0.2, -0.15) is 0 Å². The van der Waals surface area contributed by atoms with Crippen molar-refractivity contribution in [2.24, 2.45) is 0 Å². The number of ether oxygens (including phenoxy) is 1. The molecule has 3 nitrogen and oxygen atoms in total. The zero-order valence-corrected chi connectivity index (χ0v) is 15.3. The van der Waals surface area contributed by atoms with Crippen molar-refractivity contribution in [1.82, 2.24) is 5.32 Å². The van der Waals surface area contributed by atoms with Crippen molar-refractivity contribution in [2.75, 3.05) is 0 Å². The zero-order chi connectivity index (χ0) is 19.6. The first-order valence-electron chi connectivity index (χ1n) is 8.96. The van der Waals surface area contributed by atoms with Crippen molar-refractivity contribution in [3.63, 3.8) is 0 Å². The Bertz CT molecular complexity index is 825. The van der Waals surface area contributed by atoms with E-state index in [2.05, 4.69) is 5.32 Å². The maximum Gasteiger partial charge on any atom is 0.220 e. The number of amides is 1. The largest absolute Gasteiger partial charge is 0.365 e. The lowest BCUT2D eigenvalue weighted by molar-refractivity contribution is -0.128. The summed E-state index contributed by atoms with van der Waals surface area (Å²) in [5, 5.41) is 3.00. The van der Waals surface area contributed by atoms with Crippen LogP contribution in [0.3, 0.4) is 0 Å². The highest BCUT2D eigenvalue weighted by Gasteiger charge is 2.40. The van der Waals surface area contributed by atoms with Crippen LogP contribution in [0.15, 0.2) is 42.5 Å². The van der Waals surface area contributed by atoms with Gasteiger partial charge in [0.1, 0.15) is 17.5 Å². The van der Waals surface area contributed by atoms with Gasteiger partial charge in [0.25, 0.3) is 0 Å². The van der Waals surface area contributed by atoms with E-state index in [0.29, 0.717) is 19.3 Å². The Morgan fingerprint density at radius 1 is 1.07 bits per heavy atom. The quantitative estimate of drug-likeness (QED) is 0.816. The van der Waals surface area contributed by atoms with Crippen LogP contribution in [0.25, 0.3) is 0 Å². The SMILES string of the molecule is CCC(=O)N[C@@]1(C)C[C@@H](c2ccc(F)cc2)O[C@@H](c2ccc(F)cc2F)C1. The molecule has 144 valence electrons. The first-order chi connectivity index (χ1) is 12.8. The van der Waals surface area contributed by atoms with E-state index in [1.807, 2.05) is 6.92 Å². The Morgan fingerprint density at radius 2 is 1.70 bits per heavy atom. The summed E-state index contributed by atoms with van der Waals surface area (Å²) in [5.41, 5.74) is 0.330. The highest BCUT2D eigenvalue weighted by molar-refractivity contribution is 5.76. The van der Waals surface area contributed by atoms with Gasteiger partial charge in [-0.1, -0.05) is 25.1 Å². The number of nitrogens with one attached hydrogen (secondary N) is 1. The first-order valence-corrected chi connectivity index (χ1v) is 8.96. The minimum Gasteiger partial charge on any atom is -0.365 e. The van der Waals surface area contributed by atoms with Gasteiger partial charge >= 0.3 is 0 Å². The molecule has 3 atom stereocenters. The van der Waals surface area contributed by atoms with Crippen molar-refractivity contribution in [2.45, 2.75) is 50.9 Å². The standard InChI is InChI=1S/C21H22F3NO2/c1-3-20(26)25-21(2)11-18(13-4-6-14(22)7-5-13)27-19(12-21)16-9-8-15(23)10-17(16)24/h4-10,18-19H,3,11-12H2,1-2H3,(H,25,26)/t18-,19+,21-/m0/s1. The second-order valence-corrected chi connectivity index (χ2v) is 7.20. The third-order valence-corrected chi connectivity index (χ3v) is 4.91. The lowest BCUT2D eigenvalue weighted by Crippen LogP contribution is -2.50. The molecule has 2 aromatic carbocycles. The Kier molecular flexibility index (Phi) is 5.56. The zero-order valence-electron chi connectivity index (χ0n) is 15.3. The number of hydrogen-bond acceptors (Lipinski definition) is 2. The minimum absolute atomic E-state index is 0.115. The molecule has 27 heavy (non-hydrogen) atoms. The molecule has 0 spiro atoms. The molecule has 0 unspecified atom stereocenters. The number of benzene rings is 2. The number of halogens is 3. The van der Waals surface area contributed by atoms with Gasteiger partial charge in [-0.25, -0.2) is 13.2 Å². The van der Waals surface area contributed by atoms with Crippen LogP contribution in [0.5, 0.6) is 0 Å². The molecule has 6 heteroatoms. The molecule has 3 rings (SSSR count). The molecule has 1 fully saturated rings. The van der Waals surface area contributed by atoms with Gasteiger partial charge in [0.15, 0.2) is 0 Å². The normalized spacial score (nSPS) is 25.2. The van der Waals surface area contributed by atoms with Gasteiger partial charge in [-0.15, -0.1) is 0 Å². The molecule has 0 bridgehead atoms. The van der Waals surface area contributed by atoms with Gasteiger partial charge < -0.3 is 10.1 Å². The predicted octanol–water partition coefficient (Wildman–Crippen LogP) is 4.98. The number of carbonyl (C=O) groups excluding carboxylic acids is 1. The fraction of sp³-hybridized carbons (Fsp3) is 0.381. The van der Waals surface area contributed by atoms with Crippen LogP contribution in [-0.2, 0) is 9.53 Å². The van der Waals surface area contributed by atoms with E-state index >= 15 is 0 Å². The molecule has 1 aliphatic rings. The Balaban J connectivity index is 1.95. The minimum atomic E-state index is -0.691. The summed E-state index contributed by atoms with van der Waals surface area (Å²) < 4.78 is 47.0. The second kappa shape index (κ2) is 7.72. The van der Waals surface area contributed by atoms with Crippen LogP contribution in [0.2, 0.25) is 0 Å². The molecule has 1 amide bonds. The van der Waals surface area contributed by atoms with Crippen molar-refractivity contribution < 1.29 is 22.7 Å². The summed E-state index contributed by atoms with van der Waals surface area (Å²) >= 11 is 0. The summed E-state index contributed by atoms with van der Waals surface area (Å²) in [7, 11) is 0. The maximum atomic E-state index is 14.3. The number of rotatable bonds is 4. The lowest BCUT2D eigenvalue weighted by atomic mass is 9.81. The molecule has 0 aromatic heterocycles. The van der Waals surface area contributed by atoms with Gasteiger partial charge in [0, 0.05) is 36.4 Å². The van der Waals surface area contributed by atoms with Gasteiger partial charge in [-0.05, 0) is 30.7 Å². The van der Waals surface area contributed by atoms with Crippen molar-refractivity contribution >= 4 is 5.91 Å². The van der Waals surface area contributed by atoms with E-state index in [-0.39, 0.29) is 17.3 Å². The van der Waals surface area contributed by atoms with Crippen LogP contribution < -0.4 is 5.32 Å². The van der Waals surface area contributed by atoms with Gasteiger partial charge in [-0.3, -0.25) is 4.79 Å². The van der Waals surface area contributed by atoms with Gasteiger partial charge in [0.05, 0.1) is 12.2 Å².